The highest BCUT2D eigenvalue weighted by atomic mass is 32.1. The van der Waals surface area contributed by atoms with Crippen LogP contribution < -0.4 is 5.43 Å². The van der Waals surface area contributed by atoms with E-state index in [0.29, 0.717) is 5.56 Å². The maximum atomic E-state index is 12.8. The molecule has 126 valence electrons. The van der Waals surface area contributed by atoms with Crippen molar-refractivity contribution in [2.75, 3.05) is 0 Å². The van der Waals surface area contributed by atoms with E-state index >= 15 is 0 Å². The van der Waals surface area contributed by atoms with Gasteiger partial charge in [-0.2, -0.15) is 5.01 Å². The lowest BCUT2D eigenvalue weighted by molar-refractivity contribution is -0.143. The fraction of sp³-hybridized carbons (Fsp3) is 0.500. The van der Waals surface area contributed by atoms with Gasteiger partial charge in [0.1, 0.15) is 0 Å². The minimum absolute atomic E-state index is 0.173. The molecule has 1 saturated heterocycles. The van der Waals surface area contributed by atoms with E-state index < -0.39 is 5.91 Å². The highest BCUT2D eigenvalue weighted by Crippen LogP contribution is 2.59. The molecule has 0 spiro atoms. The molecule has 5 nitrogen and oxygen atoms in total. The van der Waals surface area contributed by atoms with Crippen molar-refractivity contribution in [3.05, 3.63) is 33.0 Å². The zero-order chi connectivity index (χ0) is 17.2. The van der Waals surface area contributed by atoms with Crippen LogP contribution in [-0.2, 0) is 9.59 Å². The van der Waals surface area contributed by atoms with Crippen LogP contribution in [0.15, 0.2) is 22.6 Å². The number of hydrogen-bond acceptors (Lipinski definition) is 4. The van der Waals surface area contributed by atoms with E-state index in [9.17, 15) is 14.4 Å². The van der Waals surface area contributed by atoms with Crippen molar-refractivity contribution in [2.24, 2.45) is 23.7 Å². The fourth-order valence-corrected chi connectivity index (χ4v) is 5.51. The van der Waals surface area contributed by atoms with Gasteiger partial charge >= 0.3 is 0 Å². The lowest BCUT2D eigenvalue weighted by Gasteiger charge is -2.19. The molecule has 2 saturated carbocycles. The maximum Gasteiger partial charge on any atom is 0.271 e. The van der Waals surface area contributed by atoms with Crippen LogP contribution in [0.5, 0.6) is 0 Å². The summed E-state index contributed by atoms with van der Waals surface area (Å²) >= 11 is 1.47. The normalized spacial score (nSPS) is 31.0. The average molecular weight is 344 g/mol. The summed E-state index contributed by atoms with van der Waals surface area (Å²) in [5.41, 5.74) is 5.57. The van der Waals surface area contributed by atoms with Crippen molar-refractivity contribution < 1.29 is 14.4 Å². The second-order valence-corrected chi connectivity index (χ2v) is 8.31. The second kappa shape index (κ2) is 5.28. The molecule has 2 aliphatic carbocycles. The standard InChI is InChI=1S/C18H20N2O3S/c1-8(2)13-11-4-5-12(13)15-14(11)17(22)20(18(15)23)19-16(21)10-6-9(3)24-7-10/h6-7,11-12,14-15H,4-5H2,1-3H3,(H,19,21)/t11-,12+,14-,15-/m0/s1. The number of carbonyl (C=O) groups is 3. The molecule has 4 rings (SSSR count). The number of imide groups is 1. The number of carbonyl (C=O) groups excluding carboxylic acids is 3. The van der Waals surface area contributed by atoms with Gasteiger partial charge in [-0.1, -0.05) is 11.1 Å². The Morgan fingerprint density at radius 2 is 1.75 bits per heavy atom. The third-order valence-electron chi connectivity index (χ3n) is 5.64. The Morgan fingerprint density at radius 3 is 2.21 bits per heavy atom. The maximum absolute atomic E-state index is 12.8. The first kappa shape index (κ1) is 15.6. The summed E-state index contributed by atoms with van der Waals surface area (Å²) in [6.07, 6.45) is 1.94. The number of hydrogen-bond donors (Lipinski definition) is 1. The Bertz CT molecular complexity index is 758. The molecule has 0 unspecified atom stereocenters. The van der Waals surface area contributed by atoms with Gasteiger partial charge in [0.2, 0.25) is 0 Å². The van der Waals surface area contributed by atoms with Crippen LogP contribution in [0.25, 0.3) is 0 Å². The molecule has 1 N–H and O–H groups in total. The van der Waals surface area contributed by atoms with E-state index in [1.807, 2.05) is 6.92 Å². The van der Waals surface area contributed by atoms with E-state index in [-0.39, 0.29) is 35.5 Å². The molecule has 6 heteroatoms. The lowest BCUT2D eigenvalue weighted by Crippen LogP contribution is -2.47. The predicted molar refractivity (Wildman–Crippen MR) is 89.9 cm³/mol. The number of thiophene rings is 1. The van der Waals surface area contributed by atoms with E-state index in [2.05, 4.69) is 19.3 Å². The Balaban J connectivity index is 1.59. The zero-order valence-electron chi connectivity index (χ0n) is 14.0. The highest BCUT2D eigenvalue weighted by molar-refractivity contribution is 7.10. The van der Waals surface area contributed by atoms with E-state index in [1.54, 1.807) is 11.4 Å². The number of nitrogens with zero attached hydrogens (tertiary/aromatic N) is 1. The molecule has 0 aromatic carbocycles. The Morgan fingerprint density at radius 1 is 1.17 bits per heavy atom. The molecule has 3 aliphatic rings. The van der Waals surface area contributed by atoms with E-state index in [0.717, 1.165) is 22.7 Å². The first-order valence-electron chi connectivity index (χ1n) is 8.31. The van der Waals surface area contributed by atoms with Gasteiger partial charge in [-0.3, -0.25) is 19.8 Å². The molecule has 4 atom stereocenters. The summed E-state index contributed by atoms with van der Waals surface area (Å²) in [4.78, 5) is 38.9. The molecule has 3 amide bonds. The van der Waals surface area contributed by atoms with Crippen LogP contribution in [0, 0.1) is 30.6 Å². The van der Waals surface area contributed by atoms with Crippen LogP contribution in [-0.4, -0.2) is 22.7 Å². The monoisotopic (exact) mass is 344 g/mol. The molecule has 1 aromatic rings. The Kier molecular flexibility index (Phi) is 3.42. The number of aryl methyl sites for hydroxylation is 1. The number of fused-ring (bicyclic) bond motifs is 5. The average Bonchev–Trinajstić information content (AvgIpc) is 3.26. The third kappa shape index (κ3) is 2.02. The first-order chi connectivity index (χ1) is 11.4. The van der Waals surface area contributed by atoms with Gasteiger partial charge in [-0.05, 0) is 51.5 Å². The summed E-state index contributed by atoms with van der Waals surface area (Å²) < 4.78 is 0. The quantitative estimate of drug-likeness (QED) is 0.662. The second-order valence-electron chi connectivity index (χ2n) is 7.20. The molecule has 2 heterocycles. The van der Waals surface area contributed by atoms with Gasteiger partial charge in [0.05, 0.1) is 17.4 Å². The van der Waals surface area contributed by atoms with Gasteiger partial charge in [-0.25, -0.2) is 0 Å². The van der Waals surface area contributed by atoms with Crippen LogP contribution in [0.4, 0.5) is 0 Å². The number of rotatable bonds is 2. The molecule has 1 aromatic heterocycles. The van der Waals surface area contributed by atoms with Crippen LogP contribution in [0.2, 0.25) is 0 Å². The molecule has 24 heavy (non-hydrogen) atoms. The van der Waals surface area contributed by atoms with Gasteiger partial charge in [0.25, 0.3) is 17.7 Å². The van der Waals surface area contributed by atoms with Gasteiger partial charge < -0.3 is 0 Å². The summed E-state index contributed by atoms with van der Waals surface area (Å²) in [6.45, 7) is 6.04. The van der Waals surface area contributed by atoms with Gasteiger partial charge in [0, 0.05) is 10.3 Å². The van der Waals surface area contributed by atoms with E-state index in [4.69, 9.17) is 0 Å². The number of amides is 3. The predicted octanol–water partition coefficient (Wildman–Crippen LogP) is 2.68. The highest BCUT2D eigenvalue weighted by Gasteiger charge is 2.63. The van der Waals surface area contributed by atoms with Gasteiger partial charge in [-0.15, -0.1) is 11.3 Å². The molecule has 3 fully saturated rings. The zero-order valence-corrected chi connectivity index (χ0v) is 14.8. The van der Waals surface area contributed by atoms with Crippen LogP contribution >= 0.6 is 11.3 Å². The van der Waals surface area contributed by atoms with Crippen molar-refractivity contribution in [3.63, 3.8) is 0 Å². The SMILES string of the molecule is CC(C)=C1[C@H]2CC[C@@H]1[C@@H]1C(=O)N(NC(=O)c3csc(C)c3)C(=O)[C@H]12. The van der Waals surface area contributed by atoms with Crippen LogP contribution in [0.3, 0.4) is 0 Å². The molecule has 1 aliphatic heterocycles. The van der Waals surface area contributed by atoms with Gasteiger partial charge in [0.15, 0.2) is 0 Å². The smallest absolute Gasteiger partial charge is 0.271 e. The van der Waals surface area contributed by atoms with E-state index in [1.165, 1.54) is 22.5 Å². The molecule has 0 radical (unpaired) electrons. The first-order valence-corrected chi connectivity index (χ1v) is 9.19. The number of allylic oxidation sites excluding steroid dienone is 2. The fourth-order valence-electron chi connectivity index (χ4n) is 4.83. The molecule has 2 bridgehead atoms. The number of hydrazine groups is 1. The van der Waals surface area contributed by atoms with Crippen LogP contribution in [0.1, 0.15) is 41.9 Å². The number of nitrogens with one attached hydrogen (secondary N) is 1. The summed E-state index contributed by atoms with van der Waals surface area (Å²) in [6, 6.07) is 1.76. The Hall–Kier alpha value is -1.95. The third-order valence-corrected chi connectivity index (χ3v) is 6.50. The largest absolute Gasteiger partial charge is 0.272 e. The lowest BCUT2D eigenvalue weighted by atomic mass is 9.81. The summed E-state index contributed by atoms with van der Waals surface area (Å²) in [7, 11) is 0. The van der Waals surface area contributed by atoms with Crippen molar-refractivity contribution in [1.82, 2.24) is 10.4 Å². The minimum atomic E-state index is -0.393. The topological polar surface area (TPSA) is 66.5 Å². The van der Waals surface area contributed by atoms with Crippen molar-refractivity contribution in [2.45, 2.75) is 33.6 Å². The summed E-state index contributed by atoms with van der Waals surface area (Å²) in [5, 5.41) is 2.72. The molecular formula is C18H20N2O3S. The molecular weight excluding hydrogens is 324 g/mol. The van der Waals surface area contributed by atoms with Crippen molar-refractivity contribution in [1.29, 1.82) is 0 Å². The van der Waals surface area contributed by atoms with Crippen molar-refractivity contribution >= 4 is 29.1 Å². The Labute approximate surface area is 144 Å². The summed E-state index contributed by atoms with van der Waals surface area (Å²) in [5.74, 6) is -1.10. The minimum Gasteiger partial charge on any atom is -0.272 e. The van der Waals surface area contributed by atoms with Crippen molar-refractivity contribution in [3.8, 4) is 0 Å².